The van der Waals surface area contributed by atoms with E-state index in [0.29, 0.717) is 6.42 Å². The van der Waals surface area contributed by atoms with Crippen LogP contribution in [0.4, 0.5) is 0 Å². The minimum absolute atomic E-state index is 0.0509. The molecule has 37 valence electrons. The van der Waals surface area contributed by atoms with Gasteiger partial charge >= 0.3 is 0 Å². The van der Waals surface area contributed by atoms with E-state index in [-0.39, 0.29) is 12.0 Å². The molecule has 0 saturated heterocycles. The molecule has 1 unspecified atom stereocenters. The van der Waals surface area contributed by atoms with E-state index in [1.807, 2.05) is 6.92 Å². The molecular weight excluding hydrogens is 99.5 g/mol. The van der Waals surface area contributed by atoms with Crippen LogP contribution in [-0.4, -0.2) is 12.0 Å². The fourth-order valence-corrected chi connectivity index (χ4v) is 0.251. The van der Waals surface area contributed by atoms with Crippen molar-refractivity contribution in [2.24, 2.45) is 0 Å². The molecule has 0 aromatic carbocycles. The maximum absolute atomic E-state index is 9.66. The molecule has 1 radical (unpaired) electrons. The molecule has 1 atom stereocenters. The molecule has 0 bridgehead atoms. The van der Waals surface area contributed by atoms with E-state index in [0.717, 1.165) is 0 Å². The van der Waals surface area contributed by atoms with E-state index in [2.05, 4.69) is 0 Å². The highest BCUT2D eigenvalue weighted by molar-refractivity contribution is 6.20. The molecule has 0 heterocycles. The van der Waals surface area contributed by atoms with Crippen molar-refractivity contribution in [2.45, 2.75) is 18.7 Å². The average Bonchev–Trinajstić information content (AvgIpc) is 1.35. The number of halogens is 1. The third kappa shape index (κ3) is 4.25. The first-order valence-electron chi connectivity index (χ1n) is 1.99. The van der Waals surface area contributed by atoms with Crippen LogP contribution in [0.15, 0.2) is 0 Å². The zero-order valence-corrected chi connectivity index (χ0v) is 4.53. The maximum Gasteiger partial charge on any atom is 0.0836 e. The number of rotatable bonds is 2. The molecule has 0 amide bonds. The summed E-state index contributed by atoms with van der Waals surface area (Å²) in [6, 6.07) is 0. The first-order valence-corrected chi connectivity index (χ1v) is 2.43. The van der Waals surface area contributed by atoms with Gasteiger partial charge in [0.1, 0.15) is 0 Å². The molecule has 0 aliphatic heterocycles. The fourth-order valence-electron chi connectivity index (χ4n) is 0.162. The minimum atomic E-state index is -0.0509. The van der Waals surface area contributed by atoms with Gasteiger partial charge in [0.15, 0.2) is 0 Å². The van der Waals surface area contributed by atoms with E-state index in [1.54, 1.807) is 0 Å². The lowest BCUT2D eigenvalue weighted by atomic mass is 10.4. The van der Waals surface area contributed by atoms with Gasteiger partial charge in [-0.25, -0.2) is 5.11 Å². The van der Waals surface area contributed by atoms with E-state index in [4.69, 9.17) is 11.6 Å². The lowest BCUT2D eigenvalue weighted by Crippen LogP contribution is -1.91. The first kappa shape index (κ1) is 6.25. The molecule has 2 heteroatoms. The fraction of sp³-hybridized carbons (Fsp3) is 1.00. The summed E-state index contributed by atoms with van der Waals surface area (Å²) in [6.45, 7) is 1.77. The lowest BCUT2D eigenvalue weighted by molar-refractivity contribution is 0.189. The van der Waals surface area contributed by atoms with Crippen LogP contribution in [0.2, 0.25) is 0 Å². The second kappa shape index (κ2) is 3.44. The summed E-state index contributed by atoms with van der Waals surface area (Å²) in [5, 5.41) is 9.71. The van der Waals surface area contributed by atoms with Crippen molar-refractivity contribution in [3.05, 3.63) is 0 Å². The normalized spacial score (nSPS) is 14.5. The highest BCUT2D eigenvalue weighted by atomic mass is 35.5. The van der Waals surface area contributed by atoms with Gasteiger partial charge in [-0.3, -0.25) is 0 Å². The molecule has 1 nitrogen and oxygen atoms in total. The lowest BCUT2D eigenvalue weighted by Gasteiger charge is -1.91. The van der Waals surface area contributed by atoms with Gasteiger partial charge in [-0.05, 0) is 13.3 Å². The second-order valence-electron chi connectivity index (χ2n) is 1.27. The summed E-state index contributed by atoms with van der Waals surface area (Å²) in [6.07, 6.45) is 0.585. The topological polar surface area (TPSA) is 19.9 Å². The third-order valence-electron chi connectivity index (χ3n) is 0.516. The number of alkyl halides is 1. The zero-order valence-electron chi connectivity index (χ0n) is 3.78. The predicted octanol–water partition coefficient (Wildman–Crippen LogP) is 1.43. The second-order valence-corrected chi connectivity index (χ2v) is 2.02. The third-order valence-corrected chi connectivity index (χ3v) is 0.734. The smallest absolute Gasteiger partial charge is 0.0836 e. The predicted molar refractivity (Wildman–Crippen MR) is 25.5 cm³/mol. The van der Waals surface area contributed by atoms with Crippen LogP contribution >= 0.6 is 11.6 Å². The summed E-state index contributed by atoms with van der Waals surface area (Å²) in [5.41, 5.74) is 0. The minimum Gasteiger partial charge on any atom is -0.237 e. The van der Waals surface area contributed by atoms with E-state index < -0.39 is 0 Å². The largest absolute Gasteiger partial charge is 0.237 e. The van der Waals surface area contributed by atoms with Crippen LogP contribution in [-0.2, 0) is 5.11 Å². The molecule has 6 heavy (non-hydrogen) atoms. The van der Waals surface area contributed by atoms with Gasteiger partial charge in [0.25, 0.3) is 0 Å². The van der Waals surface area contributed by atoms with E-state index in [9.17, 15) is 5.11 Å². The van der Waals surface area contributed by atoms with Gasteiger partial charge in [0.2, 0.25) is 0 Å². The molecule has 0 fully saturated rings. The molecule has 0 aliphatic carbocycles. The Bertz CT molecular complexity index is 28.7. The van der Waals surface area contributed by atoms with Crippen LogP contribution in [0, 0.1) is 0 Å². The van der Waals surface area contributed by atoms with Gasteiger partial charge in [-0.15, -0.1) is 11.6 Å². The maximum atomic E-state index is 9.66. The van der Waals surface area contributed by atoms with Crippen LogP contribution < -0.4 is 0 Å². The van der Waals surface area contributed by atoms with Gasteiger partial charge in [-0.2, -0.15) is 0 Å². The summed E-state index contributed by atoms with van der Waals surface area (Å²) in [7, 11) is 0. The summed E-state index contributed by atoms with van der Waals surface area (Å²) in [5.74, 6) is 0. The first-order chi connectivity index (χ1) is 2.77. The highest BCUT2D eigenvalue weighted by Crippen LogP contribution is 1.96. The molecular formula is C4H8ClO. The molecule has 0 aromatic rings. The highest BCUT2D eigenvalue weighted by Gasteiger charge is 1.90. The van der Waals surface area contributed by atoms with Crippen molar-refractivity contribution < 1.29 is 5.11 Å². The molecule has 0 saturated carbocycles. The van der Waals surface area contributed by atoms with Gasteiger partial charge in [-0.1, -0.05) is 0 Å². The standard InChI is InChI=1S/C4H8ClO/c1-4(5)2-3-6/h4H,2-3H2,1H3. The van der Waals surface area contributed by atoms with Crippen LogP contribution in [0.3, 0.4) is 0 Å². The molecule has 0 aromatic heterocycles. The Morgan fingerprint density at radius 1 is 1.83 bits per heavy atom. The summed E-state index contributed by atoms with van der Waals surface area (Å²) < 4.78 is 0. The van der Waals surface area contributed by atoms with E-state index >= 15 is 0 Å². The Kier molecular flexibility index (Phi) is 3.58. The molecule has 0 rings (SSSR count). The molecule has 0 spiro atoms. The summed E-state index contributed by atoms with van der Waals surface area (Å²) in [4.78, 5) is 0. The van der Waals surface area contributed by atoms with Crippen LogP contribution in [0.1, 0.15) is 13.3 Å². The Morgan fingerprint density at radius 3 is 2.33 bits per heavy atom. The van der Waals surface area contributed by atoms with Gasteiger partial charge < -0.3 is 0 Å². The van der Waals surface area contributed by atoms with Crippen molar-refractivity contribution in [1.29, 1.82) is 0 Å². The Morgan fingerprint density at radius 2 is 2.33 bits per heavy atom. The Hall–Kier alpha value is 0.250. The van der Waals surface area contributed by atoms with Gasteiger partial charge in [0.05, 0.1) is 6.61 Å². The zero-order chi connectivity index (χ0) is 4.99. The Balaban J connectivity index is 2.63. The molecule has 0 N–H and O–H groups in total. The SMILES string of the molecule is CC(Cl)CC[O]. The van der Waals surface area contributed by atoms with Crippen molar-refractivity contribution >= 4 is 11.6 Å². The van der Waals surface area contributed by atoms with Gasteiger partial charge in [0, 0.05) is 5.38 Å². The quantitative estimate of drug-likeness (QED) is 0.476. The number of hydrogen-bond donors (Lipinski definition) is 0. The summed E-state index contributed by atoms with van der Waals surface area (Å²) >= 11 is 5.38. The van der Waals surface area contributed by atoms with Crippen molar-refractivity contribution in [1.82, 2.24) is 0 Å². The van der Waals surface area contributed by atoms with E-state index in [1.165, 1.54) is 0 Å². The van der Waals surface area contributed by atoms with Crippen LogP contribution in [0.25, 0.3) is 0 Å². The van der Waals surface area contributed by atoms with Crippen molar-refractivity contribution in [2.75, 3.05) is 6.61 Å². The average molecular weight is 108 g/mol. The number of hydrogen-bond acceptors (Lipinski definition) is 0. The van der Waals surface area contributed by atoms with Crippen molar-refractivity contribution in [3.8, 4) is 0 Å². The monoisotopic (exact) mass is 107 g/mol. The van der Waals surface area contributed by atoms with Crippen molar-refractivity contribution in [3.63, 3.8) is 0 Å². The Labute approximate surface area is 42.9 Å². The van der Waals surface area contributed by atoms with Crippen LogP contribution in [0.5, 0.6) is 0 Å². The molecule has 0 aliphatic rings.